The molecule has 2 aromatic carbocycles. The third-order valence-electron chi connectivity index (χ3n) is 2.85. The zero-order valence-corrected chi connectivity index (χ0v) is 13.2. The van der Waals surface area contributed by atoms with Crippen molar-refractivity contribution in [1.29, 1.82) is 0 Å². The van der Waals surface area contributed by atoms with Crippen LogP contribution in [0.1, 0.15) is 15.9 Å². The lowest BCUT2D eigenvalue weighted by Gasteiger charge is -2.10. The van der Waals surface area contributed by atoms with Gasteiger partial charge in [-0.1, -0.05) is 12.1 Å². The van der Waals surface area contributed by atoms with E-state index in [-0.39, 0.29) is 11.7 Å². The summed E-state index contributed by atoms with van der Waals surface area (Å²) < 4.78 is 19.1. The number of hydrogen-bond donors (Lipinski definition) is 1. The summed E-state index contributed by atoms with van der Waals surface area (Å²) in [6, 6.07) is 9.74. The van der Waals surface area contributed by atoms with E-state index < -0.39 is 5.82 Å². The molecule has 0 aliphatic carbocycles. The molecule has 20 heavy (non-hydrogen) atoms. The third-order valence-corrected chi connectivity index (χ3v) is 4.28. The van der Waals surface area contributed by atoms with E-state index in [1.807, 2.05) is 19.1 Å². The van der Waals surface area contributed by atoms with Crippen LogP contribution in [0.15, 0.2) is 36.4 Å². The highest BCUT2D eigenvalue weighted by Crippen LogP contribution is 2.23. The molecular formula is C15H13FINO2. The first-order valence-corrected chi connectivity index (χ1v) is 7.01. The van der Waals surface area contributed by atoms with Crippen molar-refractivity contribution in [2.75, 3.05) is 12.4 Å². The molecular weight excluding hydrogens is 372 g/mol. The number of carbonyl (C=O) groups is 1. The first kappa shape index (κ1) is 14.8. The molecule has 0 radical (unpaired) electrons. The maximum Gasteiger partial charge on any atom is 0.256 e. The summed E-state index contributed by atoms with van der Waals surface area (Å²) in [5.74, 6) is -0.593. The van der Waals surface area contributed by atoms with E-state index in [1.54, 1.807) is 6.07 Å². The van der Waals surface area contributed by atoms with Gasteiger partial charge < -0.3 is 10.1 Å². The third kappa shape index (κ3) is 3.09. The molecule has 0 bridgehead atoms. The van der Waals surface area contributed by atoms with Crippen molar-refractivity contribution in [2.24, 2.45) is 0 Å². The number of methoxy groups -OCH3 is 1. The van der Waals surface area contributed by atoms with E-state index in [0.29, 0.717) is 11.3 Å². The zero-order chi connectivity index (χ0) is 14.7. The molecule has 0 atom stereocenters. The summed E-state index contributed by atoms with van der Waals surface area (Å²) in [6.07, 6.45) is 0. The van der Waals surface area contributed by atoms with E-state index >= 15 is 0 Å². The predicted octanol–water partition coefficient (Wildman–Crippen LogP) is 4.00. The Bertz CT molecular complexity index is 658. The van der Waals surface area contributed by atoms with Crippen LogP contribution in [-0.2, 0) is 0 Å². The quantitative estimate of drug-likeness (QED) is 0.812. The maximum absolute atomic E-state index is 13.3. The number of anilines is 1. The summed E-state index contributed by atoms with van der Waals surface area (Å²) in [6.45, 7) is 1.94. The molecule has 0 fully saturated rings. The Labute approximate surface area is 130 Å². The van der Waals surface area contributed by atoms with Crippen LogP contribution >= 0.6 is 22.6 Å². The first-order chi connectivity index (χ1) is 9.52. The Morgan fingerprint density at radius 1 is 1.30 bits per heavy atom. The molecule has 0 aliphatic rings. The number of hydrogen-bond acceptors (Lipinski definition) is 2. The van der Waals surface area contributed by atoms with Gasteiger partial charge in [0.05, 0.1) is 12.7 Å². The highest BCUT2D eigenvalue weighted by atomic mass is 127. The minimum absolute atomic E-state index is 0.0988. The minimum atomic E-state index is -0.462. The SMILES string of the molecule is COc1cc(NC(=O)c2cccc(C)c2I)ccc1F. The van der Waals surface area contributed by atoms with Crippen LogP contribution in [0.2, 0.25) is 0 Å². The Hall–Kier alpha value is -1.63. The topological polar surface area (TPSA) is 38.3 Å². The van der Waals surface area contributed by atoms with Crippen molar-refractivity contribution >= 4 is 34.2 Å². The van der Waals surface area contributed by atoms with Crippen LogP contribution in [0.5, 0.6) is 5.75 Å². The number of aryl methyl sites for hydroxylation is 1. The molecule has 104 valence electrons. The molecule has 0 aromatic heterocycles. The molecule has 0 unspecified atom stereocenters. The summed E-state index contributed by atoms with van der Waals surface area (Å²) in [7, 11) is 1.38. The van der Waals surface area contributed by atoms with Crippen molar-refractivity contribution in [1.82, 2.24) is 0 Å². The first-order valence-electron chi connectivity index (χ1n) is 5.93. The maximum atomic E-state index is 13.3. The smallest absolute Gasteiger partial charge is 0.256 e. The molecule has 0 saturated carbocycles. The van der Waals surface area contributed by atoms with Crippen LogP contribution in [0.3, 0.4) is 0 Å². The second-order valence-corrected chi connectivity index (χ2v) is 5.32. The largest absolute Gasteiger partial charge is 0.494 e. The summed E-state index contributed by atoms with van der Waals surface area (Å²) in [4.78, 5) is 12.2. The van der Waals surface area contributed by atoms with Crippen molar-refractivity contribution < 1.29 is 13.9 Å². The molecule has 1 N–H and O–H groups in total. The van der Waals surface area contributed by atoms with Crippen LogP contribution in [-0.4, -0.2) is 13.0 Å². The van der Waals surface area contributed by atoms with Crippen LogP contribution in [0, 0.1) is 16.3 Å². The molecule has 3 nitrogen and oxygen atoms in total. The number of ether oxygens (including phenoxy) is 1. The minimum Gasteiger partial charge on any atom is -0.494 e. The van der Waals surface area contributed by atoms with E-state index in [1.165, 1.54) is 25.3 Å². The van der Waals surface area contributed by atoms with E-state index in [9.17, 15) is 9.18 Å². The van der Waals surface area contributed by atoms with Gasteiger partial charge in [-0.05, 0) is 53.3 Å². The van der Waals surface area contributed by atoms with Crippen LogP contribution in [0.25, 0.3) is 0 Å². The van der Waals surface area contributed by atoms with Gasteiger partial charge in [0.15, 0.2) is 11.6 Å². The molecule has 5 heteroatoms. The fraction of sp³-hybridized carbons (Fsp3) is 0.133. The predicted molar refractivity (Wildman–Crippen MR) is 84.8 cm³/mol. The second kappa shape index (κ2) is 6.21. The highest BCUT2D eigenvalue weighted by molar-refractivity contribution is 14.1. The fourth-order valence-corrected chi connectivity index (χ4v) is 2.36. The highest BCUT2D eigenvalue weighted by Gasteiger charge is 2.12. The Kier molecular flexibility index (Phi) is 4.59. The van der Waals surface area contributed by atoms with Gasteiger partial charge >= 0.3 is 0 Å². The average molecular weight is 385 g/mol. The molecule has 2 rings (SSSR count). The number of carbonyl (C=O) groups excluding carboxylic acids is 1. The van der Waals surface area contributed by atoms with Crippen molar-refractivity contribution in [3.05, 3.63) is 56.9 Å². The van der Waals surface area contributed by atoms with Gasteiger partial charge in [-0.3, -0.25) is 4.79 Å². The lowest BCUT2D eigenvalue weighted by Crippen LogP contribution is -2.14. The van der Waals surface area contributed by atoms with Gasteiger partial charge in [-0.2, -0.15) is 0 Å². The van der Waals surface area contributed by atoms with Gasteiger partial charge in [-0.25, -0.2) is 4.39 Å². The summed E-state index contributed by atoms with van der Waals surface area (Å²) in [5.41, 5.74) is 2.12. The van der Waals surface area contributed by atoms with Crippen LogP contribution < -0.4 is 10.1 Å². The van der Waals surface area contributed by atoms with Gasteiger partial charge in [0, 0.05) is 15.3 Å². The molecule has 1 amide bonds. The lowest BCUT2D eigenvalue weighted by atomic mass is 10.1. The van der Waals surface area contributed by atoms with Gasteiger partial charge in [0.2, 0.25) is 0 Å². The van der Waals surface area contributed by atoms with Gasteiger partial charge in [0.25, 0.3) is 5.91 Å². The zero-order valence-electron chi connectivity index (χ0n) is 11.0. The molecule has 0 heterocycles. The molecule has 0 spiro atoms. The standard InChI is InChI=1S/C15H13FINO2/c1-9-4-3-5-11(14(9)17)15(19)18-10-6-7-12(16)13(8-10)20-2/h3-8H,1-2H3,(H,18,19). The van der Waals surface area contributed by atoms with E-state index in [2.05, 4.69) is 27.9 Å². The normalized spacial score (nSPS) is 10.2. The van der Waals surface area contributed by atoms with Crippen molar-refractivity contribution in [3.63, 3.8) is 0 Å². The molecule has 0 aliphatic heterocycles. The Balaban J connectivity index is 2.26. The number of amides is 1. The number of benzene rings is 2. The summed E-state index contributed by atoms with van der Waals surface area (Å²) in [5, 5.41) is 2.74. The van der Waals surface area contributed by atoms with Gasteiger partial charge in [-0.15, -0.1) is 0 Å². The van der Waals surface area contributed by atoms with E-state index in [0.717, 1.165) is 9.13 Å². The molecule has 2 aromatic rings. The van der Waals surface area contributed by atoms with Crippen molar-refractivity contribution in [3.8, 4) is 5.75 Å². The lowest BCUT2D eigenvalue weighted by molar-refractivity contribution is 0.102. The monoisotopic (exact) mass is 385 g/mol. The van der Waals surface area contributed by atoms with E-state index in [4.69, 9.17) is 4.74 Å². The molecule has 0 saturated heterocycles. The van der Waals surface area contributed by atoms with Gasteiger partial charge in [0.1, 0.15) is 0 Å². The summed E-state index contributed by atoms with van der Waals surface area (Å²) >= 11 is 2.14. The number of rotatable bonds is 3. The number of nitrogens with one attached hydrogen (secondary N) is 1. The van der Waals surface area contributed by atoms with Crippen molar-refractivity contribution in [2.45, 2.75) is 6.92 Å². The average Bonchev–Trinajstić information content (AvgIpc) is 2.43. The Morgan fingerprint density at radius 2 is 2.05 bits per heavy atom. The van der Waals surface area contributed by atoms with Crippen LogP contribution in [0.4, 0.5) is 10.1 Å². The number of halogens is 2. The second-order valence-electron chi connectivity index (χ2n) is 4.24. The fourth-order valence-electron chi connectivity index (χ4n) is 1.76. The Morgan fingerprint density at radius 3 is 2.75 bits per heavy atom.